The van der Waals surface area contributed by atoms with Gasteiger partial charge in [0.05, 0.1) is 23.3 Å². The lowest BCUT2D eigenvalue weighted by Gasteiger charge is -2.07. The number of pyridine rings is 1. The summed E-state index contributed by atoms with van der Waals surface area (Å²) < 4.78 is 3.31. The fraction of sp³-hybridized carbons (Fsp3) is 0.0909. The summed E-state index contributed by atoms with van der Waals surface area (Å²) in [6.07, 6.45) is 1.92. The van der Waals surface area contributed by atoms with Crippen LogP contribution in [0.1, 0.15) is 10.7 Å². The van der Waals surface area contributed by atoms with Crippen LogP contribution in [0.5, 0.6) is 0 Å². The van der Waals surface area contributed by atoms with Gasteiger partial charge in [-0.15, -0.1) is 11.3 Å². The molecule has 0 bridgehead atoms. The fourth-order valence-electron chi connectivity index (χ4n) is 3.35. The van der Waals surface area contributed by atoms with E-state index in [4.69, 9.17) is 5.10 Å². The van der Waals surface area contributed by atoms with Gasteiger partial charge in [-0.2, -0.15) is 10.2 Å². The summed E-state index contributed by atoms with van der Waals surface area (Å²) in [4.78, 5) is 16.9. The van der Waals surface area contributed by atoms with Crippen LogP contribution in [0, 0.1) is 6.92 Å². The van der Waals surface area contributed by atoms with E-state index in [0.717, 1.165) is 33.0 Å². The zero-order valence-electron chi connectivity index (χ0n) is 15.7. The van der Waals surface area contributed by atoms with Gasteiger partial charge in [-0.1, -0.05) is 36.4 Å². The Hall–Kier alpha value is -3.58. The van der Waals surface area contributed by atoms with Crippen LogP contribution in [0.25, 0.3) is 28.0 Å². The van der Waals surface area contributed by atoms with Crippen LogP contribution in [0.15, 0.2) is 77.0 Å². The van der Waals surface area contributed by atoms with E-state index in [9.17, 15) is 4.79 Å². The highest BCUT2D eigenvalue weighted by Crippen LogP contribution is 2.33. The Kier molecular flexibility index (Phi) is 4.29. The SMILES string of the molecule is Cc1csc(Cn2nc(-c3c(-c4ccccc4)nn4ccccc34)ccc2=O)n1. The lowest BCUT2D eigenvalue weighted by atomic mass is 10.0. The van der Waals surface area contributed by atoms with Gasteiger partial charge in [0, 0.05) is 28.9 Å². The second kappa shape index (κ2) is 7.10. The van der Waals surface area contributed by atoms with E-state index in [1.807, 2.05) is 71.5 Å². The molecule has 29 heavy (non-hydrogen) atoms. The van der Waals surface area contributed by atoms with E-state index in [-0.39, 0.29) is 5.56 Å². The summed E-state index contributed by atoms with van der Waals surface area (Å²) in [6, 6.07) is 19.3. The molecule has 7 heteroatoms. The van der Waals surface area contributed by atoms with Crippen LogP contribution in [0.3, 0.4) is 0 Å². The number of nitrogens with zero attached hydrogens (tertiary/aromatic N) is 5. The molecule has 0 aliphatic carbocycles. The van der Waals surface area contributed by atoms with Crippen LogP contribution >= 0.6 is 11.3 Å². The standard InChI is InChI=1S/C22H17N5OS/c1-15-14-29-19(23-15)13-27-20(28)11-10-17(24-27)21-18-9-5-6-12-26(18)25-22(21)16-7-3-2-4-8-16/h2-12,14H,13H2,1H3. The molecular formula is C22H17N5OS. The smallest absolute Gasteiger partial charge is 0.267 e. The minimum atomic E-state index is -0.153. The van der Waals surface area contributed by atoms with E-state index >= 15 is 0 Å². The third-order valence-electron chi connectivity index (χ3n) is 4.66. The van der Waals surface area contributed by atoms with Gasteiger partial charge in [0.2, 0.25) is 0 Å². The largest absolute Gasteiger partial charge is 0.268 e. The summed E-state index contributed by atoms with van der Waals surface area (Å²) in [5.41, 5.74) is 5.18. The van der Waals surface area contributed by atoms with Gasteiger partial charge in [-0.05, 0) is 25.1 Å². The van der Waals surface area contributed by atoms with Crippen LogP contribution in [0.4, 0.5) is 0 Å². The van der Waals surface area contributed by atoms with Crippen molar-refractivity contribution in [3.05, 3.63) is 93.3 Å². The molecule has 0 unspecified atom stereocenters. The Labute approximate surface area is 170 Å². The van der Waals surface area contributed by atoms with Crippen LogP contribution in [-0.2, 0) is 6.54 Å². The molecule has 1 aromatic carbocycles. The molecule has 142 valence electrons. The number of benzene rings is 1. The van der Waals surface area contributed by atoms with Gasteiger partial charge < -0.3 is 0 Å². The van der Waals surface area contributed by atoms with Crippen molar-refractivity contribution in [1.82, 2.24) is 24.4 Å². The highest BCUT2D eigenvalue weighted by atomic mass is 32.1. The molecule has 0 radical (unpaired) electrons. The topological polar surface area (TPSA) is 65.1 Å². The first-order chi connectivity index (χ1) is 14.2. The van der Waals surface area contributed by atoms with Gasteiger partial charge in [0.25, 0.3) is 5.56 Å². The molecule has 0 amide bonds. The van der Waals surface area contributed by atoms with Crippen molar-refractivity contribution in [1.29, 1.82) is 0 Å². The minimum Gasteiger partial charge on any atom is -0.268 e. The van der Waals surface area contributed by atoms with Crippen LogP contribution < -0.4 is 5.56 Å². The van der Waals surface area contributed by atoms with Crippen molar-refractivity contribution in [2.24, 2.45) is 0 Å². The second-order valence-electron chi connectivity index (χ2n) is 6.72. The summed E-state index contributed by atoms with van der Waals surface area (Å²) in [5.74, 6) is 0. The summed E-state index contributed by atoms with van der Waals surface area (Å²) in [7, 11) is 0. The maximum Gasteiger partial charge on any atom is 0.267 e. The maximum absolute atomic E-state index is 12.4. The number of hydrogen-bond donors (Lipinski definition) is 0. The Morgan fingerprint density at radius 1 is 0.966 bits per heavy atom. The molecule has 0 atom stereocenters. The Morgan fingerprint density at radius 3 is 2.59 bits per heavy atom. The number of fused-ring (bicyclic) bond motifs is 1. The van der Waals surface area contributed by atoms with E-state index in [1.165, 1.54) is 16.0 Å². The molecule has 0 N–H and O–H groups in total. The van der Waals surface area contributed by atoms with Gasteiger partial charge in [0.1, 0.15) is 10.7 Å². The first-order valence-electron chi connectivity index (χ1n) is 9.21. The van der Waals surface area contributed by atoms with E-state index in [1.54, 1.807) is 12.1 Å². The van der Waals surface area contributed by atoms with Gasteiger partial charge in [-0.3, -0.25) is 4.79 Å². The molecule has 5 rings (SSSR count). The van der Waals surface area contributed by atoms with Gasteiger partial charge >= 0.3 is 0 Å². The van der Waals surface area contributed by atoms with Crippen molar-refractivity contribution >= 4 is 16.9 Å². The number of thiazole rings is 1. The van der Waals surface area contributed by atoms with Gasteiger partial charge in [0.15, 0.2) is 0 Å². The average Bonchev–Trinajstić information content (AvgIpc) is 3.34. The highest BCUT2D eigenvalue weighted by Gasteiger charge is 2.18. The normalized spacial score (nSPS) is 11.2. The van der Waals surface area contributed by atoms with Crippen molar-refractivity contribution in [2.75, 3.05) is 0 Å². The number of rotatable bonds is 4. The Morgan fingerprint density at radius 2 is 1.79 bits per heavy atom. The van der Waals surface area contributed by atoms with E-state index in [2.05, 4.69) is 10.1 Å². The third-order valence-corrected chi connectivity index (χ3v) is 5.61. The molecule has 0 aliphatic rings. The zero-order valence-corrected chi connectivity index (χ0v) is 16.5. The van der Waals surface area contributed by atoms with Crippen molar-refractivity contribution in [2.45, 2.75) is 13.5 Å². The Balaban J connectivity index is 1.69. The minimum absolute atomic E-state index is 0.153. The van der Waals surface area contributed by atoms with Crippen LogP contribution in [0.2, 0.25) is 0 Å². The quantitative estimate of drug-likeness (QED) is 0.458. The molecule has 4 aromatic heterocycles. The molecule has 4 heterocycles. The van der Waals surface area contributed by atoms with Crippen molar-refractivity contribution in [3.8, 4) is 22.5 Å². The zero-order chi connectivity index (χ0) is 19.8. The highest BCUT2D eigenvalue weighted by molar-refractivity contribution is 7.09. The molecular weight excluding hydrogens is 382 g/mol. The first-order valence-corrected chi connectivity index (χ1v) is 10.1. The van der Waals surface area contributed by atoms with Crippen LogP contribution in [-0.4, -0.2) is 24.4 Å². The van der Waals surface area contributed by atoms with Gasteiger partial charge in [-0.25, -0.2) is 14.2 Å². The summed E-state index contributed by atoms with van der Waals surface area (Å²) >= 11 is 1.53. The Bertz CT molecular complexity index is 1370. The van der Waals surface area contributed by atoms with Crippen molar-refractivity contribution < 1.29 is 0 Å². The lowest BCUT2D eigenvalue weighted by molar-refractivity contribution is 0.639. The predicted octanol–water partition coefficient (Wildman–Crippen LogP) is 4.04. The molecule has 0 aliphatic heterocycles. The first kappa shape index (κ1) is 17.5. The number of aryl methyl sites for hydroxylation is 1. The molecule has 6 nitrogen and oxygen atoms in total. The summed E-state index contributed by atoms with van der Waals surface area (Å²) in [5, 5.41) is 12.3. The molecule has 0 fully saturated rings. The predicted molar refractivity (Wildman–Crippen MR) is 114 cm³/mol. The fourth-order valence-corrected chi connectivity index (χ4v) is 4.10. The third kappa shape index (κ3) is 3.25. The van der Waals surface area contributed by atoms with E-state index in [0.29, 0.717) is 12.2 Å². The average molecular weight is 399 g/mol. The molecule has 0 saturated heterocycles. The second-order valence-corrected chi connectivity index (χ2v) is 7.66. The molecule has 0 saturated carbocycles. The lowest BCUT2D eigenvalue weighted by Crippen LogP contribution is -2.22. The van der Waals surface area contributed by atoms with Crippen molar-refractivity contribution in [3.63, 3.8) is 0 Å². The number of aromatic nitrogens is 5. The number of hydrogen-bond acceptors (Lipinski definition) is 5. The van der Waals surface area contributed by atoms with E-state index < -0.39 is 0 Å². The maximum atomic E-state index is 12.4. The monoisotopic (exact) mass is 399 g/mol. The molecule has 5 aromatic rings. The summed E-state index contributed by atoms with van der Waals surface area (Å²) in [6.45, 7) is 2.29. The molecule has 0 spiro atoms.